The van der Waals surface area contributed by atoms with Gasteiger partial charge in [0.15, 0.2) is 0 Å². The lowest BCUT2D eigenvalue weighted by molar-refractivity contribution is -0.115. The molecule has 4 atom stereocenters. The van der Waals surface area contributed by atoms with Crippen LogP contribution < -0.4 is 10.0 Å². The summed E-state index contributed by atoms with van der Waals surface area (Å²) in [6, 6.07) is 11.1. The van der Waals surface area contributed by atoms with E-state index in [1.54, 1.807) is 30.3 Å². The van der Waals surface area contributed by atoms with Crippen LogP contribution in [0.2, 0.25) is 10.0 Å². The lowest BCUT2D eigenvalue weighted by Crippen LogP contribution is -2.40. The summed E-state index contributed by atoms with van der Waals surface area (Å²) in [6.07, 6.45) is 4.97. The summed E-state index contributed by atoms with van der Waals surface area (Å²) in [5, 5.41) is 3.71. The number of hydrogen-bond acceptors (Lipinski definition) is 3. The third kappa shape index (κ3) is 5.25. The number of rotatable bonds is 7. The van der Waals surface area contributed by atoms with Gasteiger partial charge in [-0.3, -0.25) is 4.79 Å². The molecule has 166 valence electrons. The Kier molecular flexibility index (Phi) is 6.63. The van der Waals surface area contributed by atoms with E-state index in [0.29, 0.717) is 33.1 Å². The van der Waals surface area contributed by atoms with Crippen molar-refractivity contribution in [1.82, 2.24) is 4.72 Å². The van der Waals surface area contributed by atoms with Crippen molar-refractivity contribution >= 4 is 44.8 Å². The average molecular weight is 481 g/mol. The Morgan fingerprint density at radius 2 is 1.84 bits per heavy atom. The fourth-order valence-corrected chi connectivity index (χ4v) is 6.84. The largest absolute Gasteiger partial charge is 0.326 e. The summed E-state index contributed by atoms with van der Waals surface area (Å²) in [5.41, 5.74) is 1.19. The van der Waals surface area contributed by atoms with Crippen LogP contribution in [0.3, 0.4) is 0 Å². The van der Waals surface area contributed by atoms with E-state index in [4.69, 9.17) is 23.2 Å². The van der Waals surface area contributed by atoms with Crippen molar-refractivity contribution in [2.24, 2.45) is 17.8 Å². The Balaban J connectivity index is 1.36. The first-order valence-electron chi connectivity index (χ1n) is 10.6. The van der Waals surface area contributed by atoms with E-state index >= 15 is 0 Å². The van der Waals surface area contributed by atoms with Crippen LogP contribution in [0.1, 0.15) is 38.2 Å². The standard InChI is InChI=1S/C23H26Cl2N2O3S/c1-14(21-11-15-2-3-16(21)10-15)27-31(29,30)20-8-6-19(7-9-20)26-23(28)12-17-4-5-18(24)13-22(17)25/h4-9,13-16,21,27H,2-3,10-12H2,1H3,(H,26,28)/t14-,15+,16+,21+/m1/s1. The van der Waals surface area contributed by atoms with Gasteiger partial charge in [0.1, 0.15) is 0 Å². The Labute approximate surface area is 193 Å². The molecular weight excluding hydrogens is 455 g/mol. The second-order valence-corrected chi connectivity index (χ2v) is 11.3. The maximum absolute atomic E-state index is 12.8. The number of fused-ring (bicyclic) bond motifs is 2. The second-order valence-electron chi connectivity index (χ2n) is 8.73. The molecule has 2 aromatic carbocycles. The van der Waals surface area contributed by atoms with E-state index in [-0.39, 0.29) is 23.3 Å². The van der Waals surface area contributed by atoms with Crippen LogP contribution in [0.15, 0.2) is 47.4 Å². The van der Waals surface area contributed by atoms with E-state index in [0.717, 1.165) is 12.3 Å². The summed E-state index contributed by atoms with van der Waals surface area (Å²) in [5.74, 6) is 1.59. The molecule has 2 aliphatic carbocycles. The van der Waals surface area contributed by atoms with Gasteiger partial charge >= 0.3 is 0 Å². The normalized spacial score (nSPS) is 23.6. The molecule has 8 heteroatoms. The molecule has 2 saturated carbocycles. The van der Waals surface area contributed by atoms with Gasteiger partial charge in [0.25, 0.3) is 0 Å². The molecule has 4 rings (SSSR count). The van der Waals surface area contributed by atoms with Crippen LogP contribution in [0, 0.1) is 17.8 Å². The van der Waals surface area contributed by atoms with Gasteiger partial charge in [-0.15, -0.1) is 0 Å². The van der Waals surface area contributed by atoms with Crippen molar-refractivity contribution in [1.29, 1.82) is 0 Å². The number of amides is 1. The number of halogens is 2. The zero-order valence-corrected chi connectivity index (χ0v) is 19.6. The Hall–Kier alpha value is -1.60. The Morgan fingerprint density at radius 1 is 1.10 bits per heavy atom. The van der Waals surface area contributed by atoms with Crippen molar-refractivity contribution in [3.63, 3.8) is 0 Å². The number of carbonyl (C=O) groups is 1. The predicted molar refractivity (Wildman–Crippen MR) is 124 cm³/mol. The molecule has 2 aliphatic rings. The van der Waals surface area contributed by atoms with Gasteiger partial charge in [0, 0.05) is 21.8 Å². The van der Waals surface area contributed by atoms with E-state index in [9.17, 15) is 13.2 Å². The summed E-state index contributed by atoms with van der Waals surface area (Å²) in [6.45, 7) is 1.97. The summed E-state index contributed by atoms with van der Waals surface area (Å²) in [4.78, 5) is 12.5. The minimum atomic E-state index is -3.61. The molecule has 2 fully saturated rings. The minimum absolute atomic E-state index is 0.0798. The average Bonchev–Trinajstić information content (AvgIpc) is 3.34. The maximum atomic E-state index is 12.8. The molecule has 5 nitrogen and oxygen atoms in total. The molecule has 0 heterocycles. The predicted octanol–water partition coefficient (Wildman–Crippen LogP) is 5.28. The van der Waals surface area contributed by atoms with Gasteiger partial charge in [-0.25, -0.2) is 13.1 Å². The highest BCUT2D eigenvalue weighted by Crippen LogP contribution is 2.49. The number of nitrogens with one attached hydrogen (secondary N) is 2. The van der Waals surface area contributed by atoms with E-state index in [1.165, 1.54) is 31.4 Å². The molecule has 0 saturated heterocycles. The molecule has 0 aromatic heterocycles. The molecule has 1 amide bonds. The Bertz CT molecular complexity index is 1070. The highest BCUT2D eigenvalue weighted by atomic mass is 35.5. The third-order valence-corrected chi connectivity index (χ3v) is 8.75. The van der Waals surface area contributed by atoms with Gasteiger partial charge in [0.2, 0.25) is 15.9 Å². The smallest absolute Gasteiger partial charge is 0.240 e. The van der Waals surface area contributed by atoms with E-state index < -0.39 is 10.0 Å². The maximum Gasteiger partial charge on any atom is 0.240 e. The van der Waals surface area contributed by atoms with E-state index in [1.807, 2.05) is 6.92 Å². The molecular formula is C23H26Cl2N2O3S. The first kappa shape index (κ1) is 22.6. The van der Waals surface area contributed by atoms with E-state index in [2.05, 4.69) is 10.0 Å². The fraction of sp³-hybridized carbons (Fsp3) is 0.435. The van der Waals surface area contributed by atoms with Crippen LogP contribution in [-0.4, -0.2) is 20.4 Å². The van der Waals surface area contributed by atoms with Crippen molar-refractivity contribution in [3.8, 4) is 0 Å². The molecule has 2 aromatic rings. The van der Waals surface area contributed by atoms with Crippen LogP contribution in [-0.2, 0) is 21.2 Å². The summed E-state index contributed by atoms with van der Waals surface area (Å²) in [7, 11) is -3.61. The Morgan fingerprint density at radius 3 is 2.45 bits per heavy atom. The molecule has 0 radical (unpaired) electrons. The molecule has 31 heavy (non-hydrogen) atoms. The van der Waals surface area contributed by atoms with Crippen molar-refractivity contribution in [2.75, 3.05) is 5.32 Å². The zero-order valence-electron chi connectivity index (χ0n) is 17.3. The first-order valence-corrected chi connectivity index (χ1v) is 12.8. The van der Waals surface area contributed by atoms with Gasteiger partial charge in [0.05, 0.1) is 11.3 Å². The number of sulfonamides is 1. The quantitative estimate of drug-likeness (QED) is 0.565. The van der Waals surface area contributed by atoms with Crippen LogP contribution in [0.5, 0.6) is 0 Å². The molecule has 2 N–H and O–H groups in total. The monoisotopic (exact) mass is 480 g/mol. The summed E-state index contributed by atoms with van der Waals surface area (Å²) >= 11 is 12.0. The van der Waals surface area contributed by atoms with Gasteiger partial charge in [-0.2, -0.15) is 0 Å². The molecule has 0 spiro atoms. The van der Waals surface area contributed by atoms with Crippen LogP contribution in [0.25, 0.3) is 0 Å². The highest BCUT2D eigenvalue weighted by molar-refractivity contribution is 7.89. The SMILES string of the molecule is C[C@@H](NS(=O)(=O)c1ccc(NC(=O)Cc2ccc(Cl)cc2Cl)cc1)[C@@H]1C[C@H]2CC[C@H]1C2. The lowest BCUT2D eigenvalue weighted by Gasteiger charge is -2.28. The topological polar surface area (TPSA) is 75.3 Å². The summed E-state index contributed by atoms with van der Waals surface area (Å²) < 4.78 is 28.5. The first-order chi connectivity index (χ1) is 14.7. The van der Waals surface area contributed by atoms with Crippen LogP contribution in [0.4, 0.5) is 5.69 Å². The molecule has 2 bridgehead atoms. The number of hydrogen-bond donors (Lipinski definition) is 2. The molecule has 0 unspecified atom stereocenters. The van der Waals surface area contributed by atoms with Crippen molar-refractivity contribution < 1.29 is 13.2 Å². The number of benzene rings is 2. The zero-order chi connectivity index (χ0) is 22.2. The highest BCUT2D eigenvalue weighted by Gasteiger charge is 2.42. The van der Waals surface area contributed by atoms with Gasteiger partial charge in [-0.05, 0) is 85.9 Å². The van der Waals surface area contributed by atoms with Crippen molar-refractivity contribution in [3.05, 3.63) is 58.1 Å². The van der Waals surface area contributed by atoms with Crippen LogP contribution >= 0.6 is 23.2 Å². The fourth-order valence-electron chi connectivity index (χ4n) is 5.07. The number of carbonyl (C=O) groups excluding carboxylic acids is 1. The third-order valence-electron chi connectivity index (χ3n) is 6.59. The molecule has 0 aliphatic heterocycles. The second kappa shape index (κ2) is 9.10. The number of anilines is 1. The van der Waals surface area contributed by atoms with Gasteiger partial charge in [-0.1, -0.05) is 35.7 Å². The lowest BCUT2D eigenvalue weighted by atomic mass is 9.84. The minimum Gasteiger partial charge on any atom is -0.326 e. The van der Waals surface area contributed by atoms with Gasteiger partial charge < -0.3 is 5.32 Å². The van der Waals surface area contributed by atoms with Crippen molar-refractivity contribution in [2.45, 2.75) is 50.0 Å².